The number of rotatable bonds is 8. The quantitative estimate of drug-likeness (QED) is 0.0566. The van der Waals surface area contributed by atoms with Crippen LogP contribution in [-0.2, 0) is 9.53 Å². The zero-order valence-corrected chi connectivity index (χ0v) is 25.9. The standard InChI is InChI=1S/C16H18N2O4.2C6H7NO.C4H8.C2H6/c17-12-1-5-14(6-2-12)20-9-16(22-11-19)10-21-15-7-3-13(18)4-8-15;2*7-5-1-3-6(8)4-2-5;1-4(2)3;1-2/h1-8,11,16H,9-10,17-18H2;2*1-4,8H,7H2;1H2,2-3H3;1-2H3. The highest BCUT2D eigenvalue weighted by molar-refractivity contribution is 5.43. The third-order valence-corrected chi connectivity index (χ3v) is 4.67. The summed E-state index contributed by atoms with van der Waals surface area (Å²) in [5.41, 5.74) is 25.6. The van der Waals surface area contributed by atoms with Gasteiger partial charge in [0.15, 0.2) is 6.10 Å². The van der Waals surface area contributed by atoms with Crippen LogP contribution in [0.5, 0.6) is 23.0 Å². The monoisotopic (exact) mass is 606 g/mol. The van der Waals surface area contributed by atoms with Gasteiger partial charge in [-0.15, -0.1) is 6.58 Å². The van der Waals surface area contributed by atoms with Gasteiger partial charge in [-0.25, -0.2) is 0 Å². The van der Waals surface area contributed by atoms with Crippen molar-refractivity contribution in [3.05, 3.63) is 109 Å². The molecule has 0 aliphatic heterocycles. The second-order valence-corrected chi connectivity index (χ2v) is 9.00. The van der Waals surface area contributed by atoms with E-state index in [-0.39, 0.29) is 24.7 Å². The summed E-state index contributed by atoms with van der Waals surface area (Å²) in [6, 6.07) is 26.7. The summed E-state index contributed by atoms with van der Waals surface area (Å²) in [4.78, 5) is 10.6. The van der Waals surface area contributed by atoms with Gasteiger partial charge in [0.1, 0.15) is 36.2 Å². The Bertz CT molecular complexity index is 1160. The Morgan fingerprint density at radius 3 is 1.11 bits per heavy atom. The summed E-state index contributed by atoms with van der Waals surface area (Å²) in [6.07, 6.45) is -0.521. The molecular weight excluding hydrogens is 560 g/mol. The van der Waals surface area contributed by atoms with E-state index in [4.69, 9.17) is 47.4 Å². The van der Waals surface area contributed by atoms with Gasteiger partial charge in [0, 0.05) is 22.7 Å². The molecule has 4 aromatic rings. The third kappa shape index (κ3) is 20.4. The average Bonchev–Trinajstić information content (AvgIpc) is 3.00. The van der Waals surface area contributed by atoms with Crippen molar-refractivity contribution in [1.29, 1.82) is 0 Å². The first-order chi connectivity index (χ1) is 21.0. The van der Waals surface area contributed by atoms with Gasteiger partial charge in [0.05, 0.1) is 0 Å². The first-order valence-electron chi connectivity index (χ1n) is 13.8. The first-order valence-corrected chi connectivity index (χ1v) is 13.8. The first kappa shape index (κ1) is 38.5. The number of carbonyl (C=O) groups is 1. The fourth-order valence-corrected chi connectivity index (χ4v) is 2.66. The molecule has 0 saturated carbocycles. The normalized spacial score (nSPS) is 9.11. The number of nitrogens with two attached hydrogens (primary N) is 4. The predicted molar refractivity (Wildman–Crippen MR) is 181 cm³/mol. The van der Waals surface area contributed by atoms with Crippen LogP contribution in [0.15, 0.2) is 109 Å². The van der Waals surface area contributed by atoms with Crippen LogP contribution in [0.25, 0.3) is 0 Å². The Morgan fingerprint density at radius 2 is 0.886 bits per heavy atom. The number of ether oxygens (including phenoxy) is 3. The van der Waals surface area contributed by atoms with Crippen molar-refractivity contribution >= 4 is 29.2 Å². The number of allylic oxidation sites excluding steroid dienone is 1. The summed E-state index contributed by atoms with van der Waals surface area (Å²) in [5.74, 6) is 1.78. The zero-order chi connectivity index (χ0) is 33.3. The van der Waals surface area contributed by atoms with E-state index >= 15 is 0 Å². The Morgan fingerprint density at radius 1 is 0.636 bits per heavy atom. The van der Waals surface area contributed by atoms with E-state index in [1.165, 1.54) is 5.57 Å². The van der Waals surface area contributed by atoms with E-state index in [0.717, 1.165) is 0 Å². The molecule has 0 aromatic heterocycles. The van der Waals surface area contributed by atoms with Crippen LogP contribution in [0.1, 0.15) is 27.7 Å². The molecule has 0 aliphatic rings. The third-order valence-electron chi connectivity index (χ3n) is 4.67. The topological polar surface area (TPSA) is 189 Å². The van der Waals surface area contributed by atoms with Gasteiger partial charge in [0.2, 0.25) is 0 Å². The zero-order valence-electron chi connectivity index (χ0n) is 25.9. The van der Waals surface area contributed by atoms with E-state index in [1.54, 1.807) is 97.1 Å². The van der Waals surface area contributed by atoms with E-state index in [2.05, 4.69) is 6.58 Å². The molecule has 0 fully saturated rings. The molecule has 0 atom stereocenters. The lowest BCUT2D eigenvalue weighted by molar-refractivity contribution is -0.136. The predicted octanol–water partition coefficient (Wildman–Crippen LogP) is 6.41. The summed E-state index contributed by atoms with van der Waals surface area (Å²) >= 11 is 0. The number of anilines is 4. The molecule has 0 spiro atoms. The Balaban J connectivity index is 0.000000683. The molecule has 0 amide bonds. The van der Waals surface area contributed by atoms with Gasteiger partial charge < -0.3 is 47.4 Å². The fraction of sp³-hybridized carbons (Fsp3) is 0.206. The highest BCUT2D eigenvalue weighted by Crippen LogP contribution is 2.16. The maximum absolute atomic E-state index is 10.6. The van der Waals surface area contributed by atoms with Crippen LogP contribution in [0, 0.1) is 0 Å². The minimum absolute atomic E-state index is 0.178. The summed E-state index contributed by atoms with van der Waals surface area (Å²) in [6.45, 7) is 12.2. The highest BCUT2D eigenvalue weighted by atomic mass is 16.6. The summed E-state index contributed by atoms with van der Waals surface area (Å²) < 4.78 is 16.0. The van der Waals surface area contributed by atoms with Crippen LogP contribution < -0.4 is 32.4 Å². The van der Waals surface area contributed by atoms with Crippen molar-refractivity contribution in [3.63, 3.8) is 0 Å². The molecule has 238 valence electrons. The molecule has 0 heterocycles. The van der Waals surface area contributed by atoms with Crippen molar-refractivity contribution in [3.8, 4) is 23.0 Å². The van der Waals surface area contributed by atoms with E-state index < -0.39 is 6.10 Å². The van der Waals surface area contributed by atoms with Crippen molar-refractivity contribution in [2.24, 2.45) is 0 Å². The lowest BCUT2D eigenvalue weighted by Gasteiger charge is -2.17. The number of carbonyl (C=O) groups excluding carboxylic acids is 1. The van der Waals surface area contributed by atoms with Gasteiger partial charge in [-0.05, 0) is 111 Å². The molecule has 0 unspecified atom stereocenters. The van der Waals surface area contributed by atoms with Crippen LogP contribution in [0.4, 0.5) is 22.7 Å². The summed E-state index contributed by atoms with van der Waals surface area (Å²) in [7, 11) is 0. The maximum atomic E-state index is 10.6. The van der Waals surface area contributed by atoms with Crippen LogP contribution in [0.3, 0.4) is 0 Å². The largest absolute Gasteiger partial charge is 0.508 e. The maximum Gasteiger partial charge on any atom is 0.293 e. The molecule has 10 nitrogen and oxygen atoms in total. The number of phenols is 2. The molecule has 0 radical (unpaired) electrons. The molecule has 0 bridgehead atoms. The second-order valence-electron chi connectivity index (χ2n) is 9.00. The number of nitrogen functional groups attached to an aromatic ring is 4. The van der Waals surface area contributed by atoms with E-state index in [1.807, 2.05) is 27.7 Å². The van der Waals surface area contributed by atoms with Gasteiger partial charge in [0.25, 0.3) is 6.47 Å². The SMILES string of the molecule is C=C(C)C.CC.Nc1ccc(O)cc1.Nc1ccc(O)cc1.Nc1ccc(OCC(COc2ccc(N)cc2)OC=O)cc1. The van der Waals surface area contributed by atoms with Crippen LogP contribution in [0.2, 0.25) is 0 Å². The molecule has 10 heteroatoms. The Labute approximate surface area is 260 Å². The number of aromatic hydroxyl groups is 2. The number of benzene rings is 4. The average molecular weight is 607 g/mol. The van der Waals surface area contributed by atoms with Gasteiger partial charge in [-0.3, -0.25) is 4.79 Å². The minimum Gasteiger partial charge on any atom is -0.508 e. The molecule has 44 heavy (non-hydrogen) atoms. The minimum atomic E-state index is -0.521. The molecule has 0 aliphatic carbocycles. The molecule has 0 saturated heterocycles. The number of phenolic OH excluding ortho intramolecular Hbond substituents is 2. The molecular formula is C34H46N4O6. The van der Waals surface area contributed by atoms with Gasteiger partial charge in [-0.1, -0.05) is 19.4 Å². The van der Waals surface area contributed by atoms with Crippen molar-refractivity contribution in [2.45, 2.75) is 33.8 Å². The van der Waals surface area contributed by atoms with Gasteiger partial charge >= 0.3 is 0 Å². The highest BCUT2D eigenvalue weighted by Gasteiger charge is 2.12. The lowest BCUT2D eigenvalue weighted by Crippen LogP contribution is -2.28. The molecule has 4 aromatic carbocycles. The lowest BCUT2D eigenvalue weighted by atomic mass is 10.3. The van der Waals surface area contributed by atoms with Gasteiger partial charge in [-0.2, -0.15) is 0 Å². The van der Waals surface area contributed by atoms with Crippen molar-refractivity contribution in [1.82, 2.24) is 0 Å². The van der Waals surface area contributed by atoms with E-state index in [9.17, 15) is 4.79 Å². The van der Waals surface area contributed by atoms with Crippen LogP contribution >= 0.6 is 0 Å². The second kappa shape index (κ2) is 23.1. The summed E-state index contributed by atoms with van der Waals surface area (Å²) in [5, 5.41) is 17.4. The number of hydrogen-bond acceptors (Lipinski definition) is 10. The molecule has 10 N–H and O–H groups in total. The Kier molecular flexibility index (Phi) is 20.2. The number of hydrogen-bond donors (Lipinski definition) is 6. The fourth-order valence-electron chi connectivity index (χ4n) is 2.66. The van der Waals surface area contributed by atoms with Crippen molar-refractivity contribution < 1.29 is 29.2 Å². The van der Waals surface area contributed by atoms with E-state index in [0.29, 0.717) is 40.7 Å². The molecule has 4 rings (SSSR count). The smallest absolute Gasteiger partial charge is 0.293 e. The Hall–Kier alpha value is -5.51. The van der Waals surface area contributed by atoms with Crippen molar-refractivity contribution in [2.75, 3.05) is 36.1 Å². The van der Waals surface area contributed by atoms with Crippen LogP contribution in [-0.4, -0.2) is 36.0 Å².